The van der Waals surface area contributed by atoms with E-state index in [-0.39, 0.29) is 11.7 Å². The molecule has 28 heavy (non-hydrogen) atoms. The third-order valence-electron chi connectivity index (χ3n) is 6.03. The van der Waals surface area contributed by atoms with Crippen molar-refractivity contribution in [3.05, 3.63) is 59.5 Å². The van der Waals surface area contributed by atoms with Gasteiger partial charge in [-0.25, -0.2) is 0 Å². The fourth-order valence-electron chi connectivity index (χ4n) is 4.57. The van der Waals surface area contributed by atoms with E-state index in [0.717, 1.165) is 47.7 Å². The molecular formula is C22H25N4OP. The van der Waals surface area contributed by atoms with Crippen LogP contribution in [0.3, 0.4) is 0 Å². The Bertz CT molecular complexity index is 1040. The van der Waals surface area contributed by atoms with E-state index in [1.54, 1.807) is 0 Å². The molecule has 1 saturated heterocycles. The SMILES string of the molecule is Cc1cc(C2=CC(=O)N3C=C(C4CCNCC4)C=CC3P2)cc2cnn(C)c12. The van der Waals surface area contributed by atoms with Gasteiger partial charge in [0.2, 0.25) is 0 Å². The first-order valence-corrected chi connectivity index (χ1v) is 11.0. The first-order valence-electron chi connectivity index (χ1n) is 9.94. The maximum Gasteiger partial charge on any atom is 0.252 e. The third kappa shape index (κ3) is 3.03. The van der Waals surface area contributed by atoms with E-state index < -0.39 is 0 Å². The molecule has 0 radical (unpaired) electrons. The predicted molar refractivity (Wildman–Crippen MR) is 115 cm³/mol. The summed E-state index contributed by atoms with van der Waals surface area (Å²) in [6, 6.07) is 4.36. The summed E-state index contributed by atoms with van der Waals surface area (Å²) in [6.45, 7) is 4.24. The van der Waals surface area contributed by atoms with E-state index in [1.165, 1.54) is 11.1 Å². The first kappa shape index (κ1) is 17.8. The van der Waals surface area contributed by atoms with Crippen molar-refractivity contribution in [2.45, 2.75) is 25.5 Å². The lowest BCUT2D eigenvalue weighted by molar-refractivity contribution is -0.123. The van der Waals surface area contributed by atoms with Crippen LogP contribution in [0.4, 0.5) is 0 Å². The van der Waals surface area contributed by atoms with Crippen LogP contribution in [0.25, 0.3) is 16.2 Å². The number of aryl methyl sites for hydroxylation is 2. The molecule has 2 atom stereocenters. The average Bonchev–Trinajstić information content (AvgIpc) is 3.09. The van der Waals surface area contributed by atoms with Crippen molar-refractivity contribution in [2.24, 2.45) is 13.0 Å². The first-order chi connectivity index (χ1) is 13.6. The average molecular weight is 392 g/mol. The Hall–Kier alpha value is -2.23. The number of hydrogen-bond acceptors (Lipinski definition) is 3. The van der Waals surface area contributed by atoms with Gasteiger partial charge < -0.3 is 10.2 Å². The number of piperidine rings is 1. The summed E-state index contributed by atoms with van der Waals surface area (Å²) in [5.74, 6) is 0.803. The van der Waals surface area contributed by atoms with Gasteiger partial charge in [0, 0.05) is 24.7 Å². The Labute approximate surface area is 166 Å². The van der Waals surface area contributed by atoms with Gasteiger partial charge in [-0.05, 0) is 72.9 Å². The normalized spacial score (nSPS) is 23.9. The minimum Gasteiger partial charge on any atom is -0.317 e. The van der Waals surface area contributed by atoms with Gasteiger partial charge in [0.15, 0.2) is 0 Å². The molecule has 0 spiro atoms. The summed E-state index contributed by atoms with van der Waals surface area (Å²) in [5, 5.41) is 10.1. The molecule has 5 nitrogen and oxygen atoms in total. The van der Waals surface area contributed by atoms with Gasteiger partial charge in [-0.1, -0.05) is 20.7 Å². The van der Waals surface area contributed by atoms with Crippen LogP contribution in [-0.4, -0.2) is 39.5 Å². The number of hydrogen-bond donors (Lipinski definition) is 1. The van der Waals surface area contributed by atoms with Crippen molar-refractivity contribution in [3.8, 4) is 0 Å². The highest BCUT2D eigenvalue weighted by atomic mass is 31.1. The number of nitrogens with one attached hydrogen (secondary N) is 1. The number of benzene rings is 1. The standard InChI is InChI=1S/C22H25N4OP/c1-14-9-17(10-18-12-24-25(2)22(14)18)19-11-20(27)26-13-16(3-4-21(26)28-19)15-5-7-23-8-6-15/h3-4,9-13,15,21,23,28H,5-8H2,1-2H3. The number of fused-ring (bicyclic) bond motifs is 2. The second-order valence-electron chi connectivity index (χ2n) is 7.90. The molecule has 0 saturated carbocycles. The number of amides is 1. The summed E-state index contributed by atoms with van der Waals surface area (Å²) in [7, 11) is 2.52. The molecule has 2 unspecified atom stereocenters. The van der Waals surface area contributed by atoms with Crippen LogP contribution in [0.1, 0.15) is 24.0 Å². The number of carbonyl (C=O) groups is 1. The van der Waals surface area contributed by atoms with Gasteiger partial charge in [0.25, 0.3) is 5.91 Å². The van der Waals surface area contributed by atoms with Crippen LogP contribution in [0.5, 0.6) is 0 Å². The van der Waals surface area contributed by atoms with Crippen LogP contribution in [-0.2, 0) is 11.8 Å². The van der Waals surface area contributed by atoms with E-state index in [4.69, 9.17) is 0 Å². The zero-order valence-electron chi connectivity index (χ0n) is 16.3. The largest absolute Gasteiger partial charge is 0.317 e. The van der Waals surface area contributed by atoms with Crippen LogP contribution < -0.4 is 5.32 Å². The molecule has 4 heterocycles. The molecule has 1 fully saturated rings. The van der Waals surface area contributed by atoms with Crippen molar-refractivity contribution in [1.29, 1.82) is 0 Å². The summed E-state index contributed by atoms with van der Waals surface area (Å²) in [5.41, 5.74) is 4.80. The van der Waals surface area contributed by atoms with E-state index in [2.05, 4.69) is 47.8 Å². The van der Waals surface area contributed by atoms with Crippen molar-refractivity contribution >= 4 is 30.7 Å². The molecule has 0 aliphatic carbocycles. The fraction of sp³-hybridized carbons (Fsp3) is 0.364. The predicted octanol–water partition coefficient (Wildman–Crippen LogP) is 3.52. The van der Waals surface area contributed by atoms with Crippen molar-refractivity contribution < 1.29 is 4.79 Å². The van der Waals surface area contributed by atoms with Crippen LogP contribution in [0.2, 0.25) is 0 Å². The van der Waals surface area contributed by atoms with Crippen LogP contribution >= 0.6 is 8.58 Å². The summed E-state index contributed by atoms with van der Waals surface area (Å²) >= 11 is 0. The Morgan fingerprint density at radius 1 is 1.25 bits per heavy atom. The summed E-state index contributed by atoms with van der Waals surface area (Å²) in [6.07, 6.45) is 12.6. The number of aromatic nitrogens is 2. The molecule has 1 aromatic carbocycles. The number of nitrogens with zero attached hydrogens (tertiary/aromatic N) is 3. The quantitative estimate of drug-likeness (QED) is 0.796. The highest BCUT2D eigenvalue weighted by Crippen LogP contribution is 2.46. The zero-order chi connectivity index (χ0) is 19.3. The highest BCUT2D eigenvalue weighted by molar-refractivity contribution is 7.51. The van der Waals surface area contributed by atoms with E-state index in [1.807, 2.05) is 28.9 Å². The lowest BCUT2D eigenvalue weighted by Crippen LogP contribution is -2.37. The molecule has 0 bridgehead atoms. The molecule has 144 valence electrons. The number of allylic oxidation sites excluding steroid dienone is 2. The summed E-state index contributed by atoms with van der Waals surface area (Å²) in [4.78, 5) is 14.9. The Balaban J connectivity index is 1.45. The Kier molecular flexibility index (Phi) is 4.45. The van der Waals surface area contributed by atoms with Gasteiger partial charge >= 0.3 is 0 Å². The summed E-state index contributed by atoms with van der Waals surface area (Å²) < 4.78 is 1.91. The van der Waals surface area contributed by atoms with Crippen molar-refractivity contribution in [2.75, 3.05) is 13.1 Å². The Morgan fingerprint density at radius 3 is 2.89 bits per heavy atom. The van der Waals surface area contributed by atoms with Gasteiger partial charge in [0.05, 0.1) is 17.5 Å². The minimum atomic E-state index is 0.0958. The van der Waals surface area contributed by atoms with E-state index in [9.17, 15) is 4.79 Å². The maximum absolute atomic E-state index is 12.9. The fourth-order valence-corrected chi connectivity index (χ4v) is 5.94. The van der Waals surface area contributed by atoms with E-state index >= 15 is 0 Å². The van der Waals surface area contributed by atoms with Gasteiger partial charge in [-0.3, -0.25) is 9.48 Å². The van der Waals surface area contributed by atoms with Crippen molar-refractivity contribution in [3.63, 3.8) is 0 Å². The smallest absolute Gasteiger partial charge is 0.252 e. The second-order valence-corrected chi connectivity index (χ2v) is 9.32. The van der Waals surface area contributed by atoms with Crippen molar-refractivity contribution in [1.82, 2.24) is 20.0 Å². The van der Waals surface area contributed by atoms with Gasteiger partial charge in [-0.15, -0.1) is 0 Å². The number of carbonyl (C=O) groups excluding carboxylic acids is 1. The molecule has 1 amide bonds. The molecule has 3 aliphatic heterocycles. The molecule has 1 aromatic heterocycles. The highest BCUT2D eigenvalue weighted by Gasteiger charge is 2.30. The van der Waals surface area contributed by atoms with Crippen LogP contribution in [0, 0.1) is 12.8 Å². The molecule has 1 N–H and O–H groups in total. The van der Waals surface area contributed by atoms with Crippen LogP contribution in [0.15, 0.2) is 48.3 Å². The lowest BCUT2D eigenvalue weighted by Gasteiger charge is -2.36. The molecule has 5 rings (SSSR count). The molecular weight excluding hydrogens is 367 g/mol. The topological polar surface area (TPSA) is 50.2 Å². The maximum atomic E-state index is 12.9. The molecule has 3 aliphatic rings. The molecule has 2 aromatic rings. The van der Waals surface area contributed by atoms with Gasteiger partial charge in [-0.2, -0.15) is 5.10 Å². The monoisotopic (exact) mass is 392 g/mol. The Morgan fingerprint density at radius 2 is 2.07 bits per heavy atom. The third-order valence-corrected chi connectivity index (χ3v) is 7.54. The lowest BCUT2D eigenvalue weighted by atomic mass is 9.89. The minimum absolute atomic E-state index is 0.0958. The van der Waals surface area contributed by atoms with Gasteiger partial charge in [0.1, 0.15) is 0 Å². The molecule has 6 heteroatoms. The second kappa shape index (κ2) is 6.98. The number of rotatable bonds is 2. The zero-order valence-corrected chi connectivity index (χ0v) is 17.3. The van der Waals surface area contributed by atoms with E-state index in [0.29, 0.717) is 14.5 Å².